The lowest BCUT2D eigenvalue weighted by molar-refractivity contribution is -0.126. The van der Waals surface area contributed by atoms with Crippen molar-refractivity contribution in [2.24, 2.45) is 5.92 Å². The number of rotatable bonds is 11. The zero-order valence-corrected chi connectivity index (χ0v) is 16.4. The number of hydrogen-bond acceptors (Lipinski definition) is 4. The van der Waals surface area contributed by atoms with Crippen molar-refractivity contribution in [2.45, 2.75) is 52.4 Å². The number of carbonyl (C=O) groups excluding carboxylic acids is 1. The number of sulfonamides is 1. The normalized spacial score (nSPS) is 19.6. The van der Waals surface area contributed by atoms with E-state index in [1.54, 1.807) is 0 Å². The maximum absolute atomic E-state index is 12.3. The lowest BCUT2D eigenvalue weighted by Gasteiger charge is -2.30. The summed E-state index contributed by atoms with van der Waals surface area (Å²) in [5.74, 6) is -0.220. The van der Waals surface area contributed by atoms with Crippen molar-refractivity contribution in [3.63, 3.8) is 0 Å². The number of piperidine rings is 1. The third-order valence-electron chi connectivity index (χ3n) is 4.61. The second kappa shape index (κ2) is 11.1. The van der Waals surface area contributed by atoms with Crippen molar-refractivity contribution in [3.05, 3.63) is 0 Å². The van der Waals surface area contributed by atoms with Crippen LogP contribution >= 0.6 is 0 Å². The Bertz CT molecular complexity index is 460. The lowest BCUT2D eigenvalue weighted by Crippen LogP contribution is -2.46. The van der Waals surface area contributed by atoms with Gasteiger partial charge in [-0.3, -0.25) is 4.79 Å². The van der Waals surface area contributed by atoms with E-state index in [9.17, 15) is 13.2 Å². The van der Waals surface area contributed by atoms with Crippen LogP contribution in [0, 0.1) is 5.92 Å². The highest BCUT2D eigenvalue weighted by molar-refractivity contribution is 7.88. The smallest absolute Gasteiger partial charge is 0.224 e. The number of unbranched alkanes of at least 4 members (excludes halogenated alkanes) is 2. The van der Waals surface area contributed by atoms with Crippen LogP contribution in [0.5, 0.6) is 0 Å². The molecule has 0 aliphatic carbocycles. The van der Waals surface area contributed by atoms with E-state index in [0.29, 0.717) is 19.6 Å². The molecule has 6 nitrogen and oxygen atoms in total. The molecule has 0 aromatic rings. The number of hydrogen-bond donors (Lipinski definition) is 1. The van der Waals surface area contributed by atoms with Crippen LogP contribution in [-0.2, 0) is 14.8 Å². The zero-order chi connectivity index (χ0) is 18.0. The van der Waals surface area contributed by atoms with Crippen LogP contribution in [0.4, 0.5) is 0 Å². The molecule has 1 saturated heterocycles. The average Bonchev–Trinajstić information content (AvgIpc) is 2.56. The van der Waals surface area contributed by atoms with Gasteiger partial charge in [-0.1, -0.05) is 26.7 Å². The second-order valence-corrected chi connectivity index (χ2v) is 8.78. The molecule has 0 bridgehead atoms. The minimum atomic E-state index is -3.20. The molecular formula is C17H35N3O3S. The first-order chi connectivity index (χ1) is 11.4. The molecule has 0 unspecified atom stereocenters. The van der Waals surface area contributed by atoms with Gasteiger partial charge in [0.25, 0.3) is 0 Å². The molecule has 1 rings (SSSR count). The lowest BCUT2D eigenvalue weighted by atomic mass is 9.99. The summed E-state index contributed by atoms with van der Waals surface area (Å²) in [6, 6.07) is 0. The van der Waals surface area contributed by atoms with Crippen LogP contribution < -0.4 is 5.32 Å². The fourth-order valence-electron chi connectivity index (χ4n) is 3.04. The predicted octanol–water partition coefficient (Wildman–Crippen LogP) is 1.68. The molecule has 1 N–H and O–H groups in total. The summed E-state index contributed by atoms with van der Waals surface area (Å²) in [6.45, 7) is 8.91. The maximum Gasteiger partial charge on any atom is 0.224 e. The van der Waals surface area contributed by atoms with Crippen LogP contribution in [0.25, 0.3) is 0 Å². The van der Waals surface area contributed by atoms with Gasteiger partial charge in [-0.25, -0.2) is 12.7 Å². The van der Waals surface area contributed by atoms with Crippen molar-refractivity contribution in [3.8, 4) is 0 Å². The maximum atomic E-state index is 12.3. The number of nitrogens with one attached hydrogen (secondary N) is 1. The Balaban J connectivity index is 2.38. The average molecular weight is 362 g/mol. The fraction of sp³-hybridized carbons (Fsp3) is 0.941. The van der Waals surface area contributed by atoms with Gasteiger partial charge in [0.1, 0.15) is 0 Å². The van der Waals surface area contributed by atoms with Gasteiger partial charge in [0.05, 0.1) is 12.2 Å². The molecule has 0 aromatic heterocycles. The quantitative estimate of drug-likeness (QED) is 0.608. The van der Waals surface area contributed by atoms with E-state index in [2.05, 4.69) is 24.1 Å². The Hall–Kier alpha value is -0.660. The van der Waals surface area contributed by atoms with E-state index in [0.717, 1.165) is 32.5 Å². The molecule has 1 atom stereocenters. The molecule has 24 heavy (non-hydrogen) atoms. The van der Waals surface area contributed by atoms with E-state index >= 15 is 0 Å². The van der Waals surface area contributed by atoms with Gasteiger partial charge in [-0.05, 0) is 38.8 Å². The highest BCUT2D eigenvalue weighted by atomic mass is 32.2. The molecule has 0 aromatic carbocycles. The first kappa shape index (κ1) is 21.4. The van der Waals surface area contributed by atoms with Gasteiger partial charge >= 0.3 is 0 Å². The molecule has 7 heteroatoms. The van der Waals surface area contributed by atoms with Crippen molar-refractivity contribution < 1.29 is 13.2 Å². The largest absolute Gasteiger partial charge is 0.355 e. The molecule has 0 spiro atoms. The minimum Gasteiger partial charge on any atom is -0.355 e. The highest BCUT2D eigenvalue weighted by Crippen LogP contribution is 2.18. The molecule has 142 valence electrons. The number of nitrogens with zero attached hydrogens (tertiary/aromatic N) is 2. The molecule has 0 radical (unpaired) electrons. The summed E-state index contributed by atoms with van der Waals surface area (Å²) < 4.78 is 24.7. The van der Waals surface area contributed by atoms with Gasteiger partial charge in [0.15, 0.2) is 0 Å². The summed E-state index contributed by atoms with van der Waals surface area (Å²) in [5, 5.41) is 3.01. The first-order valence-corrected chi connectivity index (χ1v) is 11.2. The van der Waals surface area contributed by atoms with Gasteiger partial charge < -0.3 is 10.2 Å². The van der Waals surface area contributed by atoms with Crippen LogP contribution in [0.2, 0.25) is 0 Å². The number of amides is 1. The predicted molar refractivity (Wildman–Crippen MR) is 98.4 cm³/mol. The van der Waals surface area contributed by atoms with E-state index in [1.165, 1.54) is 36.2 Å². The summed E-state index contributed by atoms with van der Waals surface area (Å²) in [4.78, 5) is 14.7. The zero-order valence-electron chi connectivity index (χ0n) is 15.6. The van der Waals surface area contributed by atoms with Crippen molar-refractivity contribution >= 4 is 15.9 Å². The third kappa shape index (κ3) is 7.94. The summed E-state index contributed by atoms with van der Waals surface area (Å²) in [6.07, 6.45) is 7.47. The first-order valence-electron chi connectivity index (χ1n) is 9.33. The van der Waals surface area contributed by atoms with Crippen LogP contribution in [0.15, 0.2) is 0 Å². The van der Waals surface area contributed by atoms with E-state index in [4.69, 9.17) is 0 Å². The highest BCUT2D eigenvalue weighted by Gasteiger charge is 2.29. The van der Waals surface area contributed by atoms with Crippen LogP contribution in [0.1, 0.15) is 52.4 Å². The van der Waals surface area contributed by atoms with Gasteiger partial charge in [0, 0.05) is 26.2 Å². The van der Waals surface area contributed by atoms with E-state index in [-0.39, 0.29) is 11.8 Å². The molecule has 1 amide bonds. The molecule has 1 fully saturated rings. The summed E-state index contributed by atoms with van der Waals surface area (Å²) in [7, 11) is -3.20. The Labute approximate surface area is 148 Å². The fourth-order valence-corrected chi connectivity index (χ4v) is 3.95. The number of carbonyl (C=O) groups is 1. The second-order valence-electron chi connectivity index (χ2n) is 6.80. The minimum absolute atomic E-state index is 0.00529. The van der Waals surface area contributed by atoms with Gasteiger partial charge in [0.2, 0.25) is 15.9 Å². The monoisotopic (exact) mass is 361 g/mol. The van der Waals surface area contributed by atoms with Crippen molar-refractivity contribution in [2.75, 3.05) is 45.5 Å². The SMILES string of the molecule is CCCCN(CCCC)CCNC(=O)[C@@H]1CCCN(S(C)(=O)=O)C1. The molecule has 1 aliphatic rings. The van der Waals surface area contributed by atoms with Crippen molar-refractivity contribution in [1.29, 1.82) is 0 Å². The van der Waals surface area contributed by atoms with Gasteiger partial charge in [-0.2, -0.15) is 0 Å². The molecule has 0 saturated carbocycles. The van der Waals surface area contributed by atoms with Crippen LogP contribution in [0.3, 0.4) is 0 Å². The van der Waals surface area contributed by atoms with Crippen molar-refractivity contribution in [1.82, 2.24) is 14.5 Å². The Kier molecular flexibility index (Phi) is 9.85. The standard InChI is InChI=1S/C17H35N3O3S/c1-4-6-11-19(12-7-5-2)14-10-18-17(21)16-9-8-13-20(15-16)24(3,22)23/h16H,4-15H2,1-3H3,(H,18,21)/t16-/m1/s1. The van der Waals surface area contributed by atoms with E-state index in [1.807, 2.05) is 0 Å². The van der Waals surface area contributed by atoms with E-state index < -0.39 is 10.0 Å². The Morgan fingerprint density at radius 2 is 1.79 bits per heavy atom. The summed E-state index contributed by atoms with van der Waals surface area (Å²) >= 11 is 0. The molecule has 1 heterocycles. The molecule has 1 aliphatic heterocycles. The van der Waals surface area contributed by atoms with Crippen LogP contribution in [-0.4, -0.2) is 69.1 Å². The Morgan fingerprint density at radius 1 is 1.17 bits per heavy atom. The summed E-state index contributed by atoms with van der Waals surface area (Å²) in [5.41, 5.74) is 0. The Morgan fingerprint density at radius 3 is 2.33 bits per heavy atom. The van der Waals surface area contributed by atoms with Gasteiger partial charge in [-0.15, -0.1) is 0 Å². The third-order valence-corrected chi connectivity index (χ3v) is 5.88. The molecular weight excluding hydrogens is 326 g/mol. The topological polar surface area (TPSA) is 69.7 Å².